The van der Waals surface area contributed by atoms with Crippen LogP contribution in [0.25, 0.3) is 22.4 Å². The second-order valence-electron chi connectivity index (χ2n) is 4.29. The number of benzene rings is 2. The summed E-state index contributed by atoms with van der Waals surface area (Å²) < 4.78 is 0.969. The Labute approximate surface area is 113 Å². The monoisotopic (exact) mass is 301 g/mol. The van der Waals surface area contributed by atoms with Crippen molar-refractivity contribution in [1.29, 1.82) is 0 Å². The SMILES string of the molecule is Cc1cccc2[nH]c(-c3ccc(Br)cc3N)nc12. The molecule has 2 aromatic carbocycles. The largest absolute Gasteiger partial charge is 0.398 e. The lowest BCUT2D eigenvalue weighted by Gasteiger charge is -2.02. The van der Waals surface area contributed by atoms with E-state index in [-0.39, 0.29) is 0 Å². The molecular weight excluding hydrogens is 290 g/mol. The molecule has 3 N–H and O–H groups in total. The molecule has 0 fully saturated rings. The summed E-state index contributed by atoms with van der Waals surface area (Å²) in [6.07, 6.45) is 0. The Balaban J connectivity index is 2.23. The quantitative estimate of drug-likeness (QED) is 0.670. The third-order valence-corrected chi connectivity index (χ3v) is 3.48. The van der Waals surface area contributed by atoms with E-state index in [1.807, 2.05) is 30.3 Å². The standard InChI is InChI=1S/C14H12BrN3/c1-8-3-2-4-12-13(8)18-14(17-12)10-6-5-9(15)7-11(10)16/h2-7H,16H2,1H3,(H,17,18). The van der Waals surface area contributed by atoms with Crippen molar-refractivity contribution in [3.05, 3.63) is 46.4 Å². The van der Waals surface area contributed by atoms with Crippen molar-refractivity contribution in [1.82, 2.24) is 9.97 Å². The fourth-order valence-electron chi connectivity index (χ4n) is 2.05. The fourth-order valence-corrected chi connectivity index (χ4v) is 2.43. The third kappa shape index (κ3) is 1.78. The van der Waals surface area contributed by atoms with Crippen LogP contribution in [0.5, 0.6) is 0 Å². The highest BCUT2D eigenvalue weighted by Gasteiger charge is 2.09. The zero-order valence-electron chi connectivity index (χ0n) is 9.87. The Bertz CT molecular complexity index is 731. The predicted molar refractivity (Wildman–Crippen MR) is 78.4 cm³/mol. The Morgan fingerprint density at radius 1 is 1.22 bits per heavy atom. The normalized spacial score (nSPS) is 11.0. The van der Waals surface area contributed by atoms with Crippen molar-refractivity contribution in [3.8, 4) is 11.4 Å². The van der Waals surface area contributed by atoms with Gasteiger partial charge in [-0.05, 0) is 36.8 Å². The van der Waals surface area contributed by atoms with Gasteiger partial charge in [-0.25, -0.2) is 4.98 Å². The van der Waals surface area contributed by atoms with Crippen LogP contribution in [-0.4, -0.2) is 9.97 Å². The molecule has 3 nitrogen and oxygen atoms in total. The van der Waals surface area contributed by atoms with Gasteiger partial charge in [-0.3, -0.25) is 0 Å². The minimum atomic E-state index is 0.709. The van der Waals surface area contributed by atoms with Crippen molar-refractivity contribution < 1.29 is 0 Å². The number of aryl methyl sites for hydroxylation is 1. The molecule has 0 radical (unpaired) electrons. The van der Waals surface area contributed by atoms with Crippen LogP contribution in [0.3, 0.4) is 0 Å². The molecule has 0 bridgehead atoms. The Morgan fingerprint density at radius 3 is 2.78 bits per heavy atom. The van der Waals surface area contributed by atoms with Gasteiger partial charge in [0.15, 0.2) is 0 Å². The van der Waals surface area contributed by atoms with Crippen molar-refractivity contribution in [2.24, 2.45) is 0 Å². The zero-order valence-corrected chi connectivity index (χ0v) is 11.5. The van der Waals surface area contributed by atoms with Gasteiger partial charge in [0.05, 0.1) is 11.0 Å². The zero-order chi connectivity index (χ0) is 12.7. The van der Waals surface area contributed by atoms with Crippen molar-refractivity contribution >= 4 is 32.7 Å². The van der Waals surface area contributed by atoms with Gasteiger partial charge in [0.25, 0.3) is 0 Å². The number of nitrogens with one attached hydrogen (secondary N) is 1. The van der Waals surface area contributed by atoms with Crippen LogP contribution in [0.15, 0.2) is 40.9 Å². The van der Waals surface area contributed by atoms with Crippen LogP contribution in [0.4, 0.5) is 5.69 Å². The van der Waals surface area contributed by atoms with Crippen molar-refractivity contribution in [3.63, 3.8) is 0 Å². The van der Waals surface area contributed by atoms with Gasteiger partial charge in [0.2, 0.25) is 0 Å². The Morgan fingerprint density at radius 2 is 2.06 bits per heavy atom. The van der Waals surface area contributed by atoms with E-state index < -0.39 is 0 Å². The van der Waals surface area contributed by atoms with E-state index in [9.17, 15) is 0 Å². The molecule has 90 valence electrons. The second-order valence-corrected chi connectivity index (χ2v) is 5.20. The number of imidazole rings is 1. The molecule has 1 heterocycles. The van der Waals surface area contributed by atoms with Crippen molar-refractivity contribution in [2.75, 3.05) is 5.73 Å². The average Bonchev–Trinajstić information content (AvgIpc) is 2.74. The number of aromatic nitrogens is 2. The first-order chi connectivity index (χ1) is 8.65. The summed E-state index contributed by atoms with van der Waals surface area (Å²) in [6.45, 7) is 2.05. The summed E-state index contributed by atoms with van der Waals surface area (Å²) in [5.41, 5.74) is 10.8. The minimum Gasteiger partial charge on any atom is -0.398 e. The first kappa shape index (κ1) is 11.3. The lowest BCUT2D eigenvalue weighted by molar-refractivity contribution is 1.33. The maximum atomic E-state index is 6.02. The predicted octanol–water partition coefficient (Wildman–Crippen LogP) is 3.88. The second kappa shape index (κ2) is 4.14. The molecule has 0 aliphatic carbocycles. The number of hydrogen-bond acceptors (Lipinski definition) is 2. The molecule has 0 aliphatic rings. The average molecular weight is 302 g/mol. The molecule has 0 spiro atoms. The molecule has 0 aliphatic heterocycles. The molecule has 3 aromatic rings. The topological polar surface area (TPSA) is 54.7 Å². The summed E-state index contributed by atoms with van der Waals surface area (Å²) in [5.74, 6) is 0.810. The van der Waals surface area contributed by atoms with Gasteiger partial charge >= 0.3 is 0 Å². The number of fused-ring (bicyclic) bond motifs is 1. The first-order valence-electron chi connectivity index (χ1n) is 5.66. The fraction of sp³-hybridized carbons (Fsp3) is 0.0714. The van der Waals surface area contributed by atoms with Crippen LogP contribution in [-0.2, 0) is 0 Å². The molecule has 4 heteroatoms. The van der Waals surface area contributed by atoms with Crippen LogP contribution >= 0.6 is 15.9 Å². The molecule has 0 atom stereocenters. The van der Waals surface area contributed by atoms with E-state index in [2.05, 4.69) is 38.9 Å². The number of halogens is 1. The number of nitrogens with zero attached hydrogens (tertiary/aromatic N) is 1. The summed E-state index contributed by atoms with van der Waals surface area (Å²) in [5, 5.41) is 0. The molecule has 18 heavy (non-hydrogen) atoms. The summed E-state index contributed by atoms with van der Waals surface area (Å²) >= 11 is 3.40. The smallest absolute Gasteiger partial charge is 0.140 e. The molecule has 0 unspecified atom stereocenters. The summed E-state index contributed by atoms with van der Waals surface area (Å²) in [6, 6.07) is 11.9. The maximum Gasteiger partial charge on any atom is 0.140 e. The number of rotatable bonds is 1. The summed E-state index contributed by atoms with van der Waals surface area (Å²) in [4.78, 5) is 7.93. The van der Waals surface area contributed by atoms with E-state index >= 15 is 0 Å². The molecular formula is C14H12BrN3. The molecule has 1 aromatic heterocycles. The van der Waals surface area contributed by atoms with Gasteiger partial charge in [0.1, 0.15) is 5.82 Å². The van der Waals surface area contributed by atoms with Crippen molar-refractivity contribution in [2.45, 2.75) is 6.92 Å². The number of H-pyrrole nitrogens is 1. The molecule has 0 amide bonds. The molecule has 0 saturated carbocycles. The van der Waals surface area contributed by atoms with E-state index in [0.717, 1.165) is 32.5 Å². The van der Waals surface area contributed by atoms with Crippen LogP contribution in [0.2, 0.25) is 0 Å². The number of nitrogen functional groups attached to an aromatic ring is 1. The number of anilines is 1. The van der Waals surface area contributed by atoms with Gasteiger partial charge in [0, 0.05) is 15.7 Å². The van der Waals surface area contributed by atoms with Crippen LogP contribution < -0.4 is 5.73 Å². The minimum absolute atomic E-state index is 0.709. The number of aromatic amines is 1. The number of para-hydroxylation sites is 1. The molecule has 0 saturated heterocycles. The highest BCUT2D eigenvalue weighted by atomic mass is 79.9. The van der Waals surface area contributed by atoms with Crippen LogP contribution in [0, 0.1) is 6.92 Å². The number of hydrogen-bond donors (Lipinski definition) is 2. The lowest BCUT2D eigenvalue weighted by Crippen LogP contribution is -1.91. The highest BCUT2D eigenvalue weighted by molar-refractivity contribution is 9.10. The van der Waals surface area contributed by atoms with Gasteiger partial charge in [-0.2, -0.15) is 0 Å². The van der Waals surface area contributed by atoms with Gasteiger partial charge in [-0.1, -0.05) is 28.1 Å². The Kier molecular flexibility index (Phi) is 2.59. The lowest BCUT2D eigenvalue weighted by atomic mass is 10.2. The number of nitrogens with two attached hydrogens (primary N) is 1. The third-order valence-electron chi connectivity index (χ3n) is 2.98. The molecule has 3 rings (SSSR count). The van der Waals surface area contributed by atoms with E-state index in [4.69, 9.17) is 5.73 Å². The first-order valence-corrected chi connectivity index (χ1v) is 6.45. The van der Waals surface area contributed by atoms with Crippen LogP contribution in [0.1, 0.15) is 5.56 Å². The van der Waals surface area contributed by atoms with E-state index in [1.165, 1.54) is 0 Å². The maximum absolute atomic E-state index is 6.02. The highest BCUT2D eigenvalue weighted by Crippen LogP contribution is 2.28. The van der Waals surface area contributed by atoms with E-state index in [0.29, 0.717) is 5.69 Å². The summed E-state index contributed by atoms with van der Waals surface area (Å²) in [7, 11) is 0. The van der Waals surface area contributed by atoms with Gasteiger partial charge < -0.3 is 10.7 Å². The Hall–Kier alpha value is -1.81. The van der Waals surface area contributed by atoms with E-state index in [1.54, 1.807) is 0 Å². The van der Waals surface area contributed by atoms with Gasteiger partial charge in [-0.15, -0.1) is 0 Å².